The van der Waals surface area contributed by atoms with Crippen LogP contribution in [0.15, 0.2) is 35.1 Å². The Morgan fingerprint density at radius 1 is 1.37 bits per heavy atom. The molecule has 1 heterocycles. The number of methoxy groups -OCH3 is 1. The molecule has 19 heavy (non-hydrogen) atoms. The van der Waals surface area contributed by atoms with Crippen molar-refractivity contribution >= 4 is 5.82 Å². The molecule has 0 spiro atoms. The molecule has 0 aliphatic heterocycles. The number of anilines is 1. The average molecular weight is 255 g/mol. The lowest BCUT2D eigenvalue weighted by atomic mass is 10.0. The molecule has 0 unspecified atom stereocenters. The molecule has 0 atom stereocenters. The van der Waals surface area contributed by atoms with Crippen LogP contribution >= 0.6 is 0 Å². The van der Waals surface area contributed by atoms with E-state index in [1.807, 2.05) is 6.07 Å². The van der Waals surface area contributed by atoms with E-state index in [1.54, 1.807) is 37.4 Å². The van der Waals surface area contributed by atoms with Crippen molar-refractivity contribution in [2.45, 2.75) is 0 Å². The third-order valence-electron chi connectivity index (χ3n) is 2.96. The highest BCUT2D eigenvalue weighted by molar-refractivity contribution is 5.73. The van der Waals surface area contributed by atoms with E-state index in [-0.39, 0.29) is 5.56 Å². The quantitative estimate of drug-likeness (QED) is 0.882. The molecule has 0 saturated carbocycles. The fourth-order valence-electron chi connectivity index (χ4n) is 1.84. The molecule has 0 bridgehead atoms. The number of hydrogen-bond donors (Lipinski definition) is 1. The normalized spacial score (nSPS) is 9.95. The number of ether oxygens (including phenoxy) is 1. The number of rotatable bonds is 2. The second-order valence-corrected chi connectivity index (χ2v) is 4.07. The molecule has 0 amide bonds. The van der Waals surface area contributed by atoms with Gasteiger partial charge in [-0.1, -0.05) is 12.1 Å². The summed E-state index contributed by atoms with van der Waals surface area (Å²) in [7, 11) is 3.09. The number of hydrogen-bond acceptors (Lipinski definition) is 4. The van der Waals surface area contributed by atoms with Crippen LogP contribution in [0, 0.1) is 11.3 Å². The van der Waals surface area contributed by atoms with Gasteiger partial charge in [0.05, 0.1) is 7.11 Å². The largest absolute Gasteiger partial charge is 0.497 e. The van der Waals surface area contributed by atoms with Gasteiger partial charge < -0.3 is 10.5 Å². The number of nitrogens with two attached hydrogens (primary N) is 1. The van der Waals surface area contributed by atoms with Crippen LogP contribution in [0.25, 0.3) is 11.1 Å². The second kappa shape index (κ2) is 4.86. The first-order chi connectivity index (χ1) is 9.08. The van der Waals surface area contributed by atoms with Crippen LogP contribution in [0.4, 0.5) is 5.82 Å². The minimum absolute atomic E-state index is 0.0740. The highest BCUT2D eigenvalue weighted by Crippen LogP contribution is 2.26. The summed E-state index contributed by atoms with van der Waals surface area (Å²) in [6, 6.07) is 10.7. The number of pyridine rings is 1. The summed E-state index contributed by atoms with van der Waals surface area (Å²) in [5, 5.41) is 9.17. The van der Waals surface area contributed by atoms with E-state index in [4.69, 9.17) is 15.7 Å². The molecule has 2 aromatic rings. The molecule has 0 aliphatic carbocycles. The van der Waals surface area contributed by atoms with Crippen molar-refractivity contribution in [3.8, 4) is 22.9 Å². The van der Waals surface area contributed by atoms with Crippen molar-refractivity contribution in [1.29, 1.82) is 5.26 Å². The standard InChI is InChI=1S/C14H13N3O2/c1-17-13(16)7-11(12(8-15)14(17)18)9-4-3-5-10(6-9)19-2/h3-7H,16H2,1-2H3. The Labute approximate surface area is 110 Å². The number of benzene rings is 1. The third-order valence-corrected chi connectivity index (χ3v) is 2.96. The Bertz CT molecular complexity index is 726. The van der Waals surface area contributed by atoms with Crippen LogP contribution in [0.3, 0.4) is 0 Å². The zero-order valence-electron chi connectivity index (χ0n) is 10.7. The Hall–Kier alpha value is -2.74. The van der Waals surface area contributed by atoms with Gasteiger partial charge in [0.2, 0.25) is 0 Å². The first-order valence-corrected chi connectivity index (χ1v) is 5.62. The fraction of sp³-hybridized carbons (Fsp3) is 0.143. The predicted molar refractivity (Wildman–Crippen MR) is 72.8 cm³/mol. The predicted octanol–water partition coefficient (Wildman–Crippen LogP) is 1.51. The Morgan fingerprint density at radius 3 is 2.74 bits per heavy atom. The topological polar surface area (TPSA) is 81.0 Å². The van der Waals surface area contributed by atoms with Gasteiger partial charge in [-0.3, -0.25) is 9.36 Å². The molecule has 0 aliphatic rings. The first kappa shape index (κ1) is 12.7. The van der Waals surface area contributed by atoms with Crippen molar-refractivity contribution in [2.24, 2.45) is 7.05 Å². The Morgan fingerprint density at radius 2 is 2.11 bits per heavy atom. The van der Waals surface area contributed by atoms with Crippen molar-refractivity contribution in [3.63, 3.8) is 0 Å². The molecular formula is C14H13N3O2. The SMILES string of the molecule is COc1cccc(-c2cc(N)n(C)c(=O)c2C#N)c1. The van der Waals surface area contributed by atoms with Crippen molar-refractivity contribution < 1.29 is 4.74 Å². The third kappa shape index (κ3) is 2.16. The fourth-order valence-corrected chi connectivity index (χ4v) is 1.84. The van der Waals surface area contributed by atoms with Gasteiger partial charge in [-0.15, -0.1) is 0 Å². The van der Waals surface area contributed by atoms with Crippen LogP contribution in [-0.4, -0.2) is 11.7 Å². The zero-order chi connectivity index (χ0) is 14.0. The maximum atomic E-state index is 12.0. The highest BCUT2D eigenvalue weighted by Gasteiger charge is 2.13. The van der Waals surface area contributed by atoms with Gasteiger partial charge in [-0.2, -0.15) is 5.26 Å². The number of nitriles is 1. The summed E-state index contributed by atoms with van der Waals surface area (Å²) in [6.07, 6.45) is 0. The Balaban J connectivity index is 2.75. The summed E-state index contributed by atoms with van der Waals surface area (Å²) in [5.74, 6) is 0.961. The maximum Gasteiger partial charge on any atom is 0.270 e. The minimum Gasteiger partial charge on any atom is -0.497 e. The lowest BCUT2D eigenvalue weighted by molar-refractivity contribution is 0.415. The van der Waals surface area contributed by atoms with E-state index in [0.29, 0.717) is 17.1 Å². The van der Waals surface area contributed by atoms with Crippen LogP contribution in [0.5, 0.6) is 5.75 Å². The van der Waals surface area contributed by atoms with Crippen molar-refractivity contribution in [1.82, 2.24) is 4.57 Å². The lowest BCUT2D eigenvalue weighted by Gasteiger charge is -2.10. The molecule has 2 N–H and O–H groups in total. The van der Waals surface area contributed by atoms with E-state index in [9.17, 15) is 4.79 Å². The molecule has 0 fully saturated rings. The van der Waals surface area contributed by atoms with E-state index in [2.05, 4.69) is 0 Å². The van der Waals surface area contributed by atoms with Gasteiger partial charge in [0, 0.05) is 12.6 Å². The smallest absolute Gasteiger partial charge is 0.270 e. The van der Waals surface area contributed by atoms with Crippen LogP contribution in [0.1, 0.15) is 5.56 Å². The van der Waals surface area contributed by atoms with Gasteiger partial charge >= 0.3 is 0 Å². The van der Waals surface area contributed by atoms with Gasteiger partial charge in [-0.25, -0.2) is 0 Å². The summed E-state index contributed by atoms with van der Waals surface area (Å²) < 4.78 is 6.39. The summed E-state index contributed by atoms with van der Waals surface area (Å²) in [6.45, 7) is 0. The average Bonchev–Trinajstić information content (AvgIpc) is 2.44. The van der Waals surface area contributed by atoms with E-state index < -0.39 is 5.56 Å². The molecule has 2 rings (SSSR count). The molecule has 5 nitrogen and oxygen atoms in total. The molecule has 96 valence electrons. The molecule has 0 saturated heterocycles. The minimum atomic E-state index is -0.402. The molecular weight excluding hydrogens is 242 g/mol. The monoisotopic (exact) mass is 255 g/mol. The van der Waals surface area contributed by atoms with Gasteiger partial charge in [0.25, 0.3) is 5.56 Å². The maximum absolute atomic E-state index is 12.0. The van der Waals surface area contributed by atoms with Crippen molar-refractivity contribution in [3.05, 3.63) is 46.2 Å². The van der Waals surface area contributed by atoms with Gasteiger partial charge in [0.15, 0.2) is 0 Å². The number of nitrogens with zero attached hydrogens (tertiary/aromatic N) is 2. The molecule has 1 aromatic carbocycles. The van der Waals surface area contributed by atoms with Gasteiger partial charge in [-0.05, 0) is 23.8 Å². The summed E-state index contributed by atoms with van der Waals surface area (Å²) in [5.41, 5.74) is 6.69. The lowest BCUT2D eigenvalue weighted by Crippen LogP contribution is -2.23. The molecule has 1 aromatic heterocycles. The zero-order valence-corrected chi connectivity index (χ0v) is 10.7. The first-order valence-electron chi connectivity index (χ1n) is 5.62. The Kier molecular flexibility index (Phi) is 3.25. The van der Waals surface area contributed by atoms with E-state index in [0.717, 1.165) is 5.56 Å². The van der Waals surface area contributed by atoms with Crippen molar-refractivity contribution in [2.75, 3.05) is 12.8 Å². The summed E-state index contributed by atoms with van der Waals surface area (Å²) >= 11 is 0. The highest BCUT2D eigenvalue weighted by atomic mass is 16.5. The number of aromatic nitrogens is 1. The van der Waals surface area contributed by atoms with E-state index >= 15 is 0 Å². The van der Waals surface area contributed by atoms with Crippen LogP contribution < -0.4 is 16.0 Å². The van der Waals surface area contributed by atoms with Crippen LogP contribution in [-0.2, 0) is 7.05 Å². The number of nitrogen functional groups attached to an aromatic ring is 1. The van der Waals surface area contributed by atoms with E-state index in [1.165, 1.54) is 11.6 Å². The summed E-state index contributed by atoms with van der Waals surface area (Å²) in [4.78, 5) is 12.0. The molecule has 5 heteroatoms. The van der Waals surface area contributed by atoms with Gasteiger partial charge in [0.1, 0.15) is 23.2 Å². The second-order valence-electron chi connectivity index (χ2n) is 4.07. The molecule has 0 radical (unpaired) electrons. The van der Waals surface area contributed by atoms with Crippen LogP contribution in [0.2, 0.25) is 0 Å².